The van der Waals surface area contributed by atoms with Crippen LogP contribution in [0.3, 0.4) is 0 Å². The van der Waals surface area contributed by atoms with Gasteiger partial charge in [-0.1, -0.05) is 24.3 Å². The van der Waals surface area contributed by atoms with E-state index in [1.54, 1.807) is 0 Å². The predicted molar refractivity (Wildman–Crippen MR) is 64.9 cm³/mol. The first-order chi connectivity index (χ1) is 7.90. The van der Waals surface area contributed by atoms with Gasteiger partial charge in [0.25, 0.3) is 0 Å². The lowest BCUT2D eigenvalue weighted by Gasteiger charge is -2.32. The van der Waals surface area contributed by atoms with Crippen molar-refractivity contribution in [2.45, 2.75) is 18.4 Å². The first kappa shape index (κ1) is 9.91. The number of benzene rings is 1. The van der Waals surface area contributed by atoms with E-state index in [9.17, 15) is 0 Å². The molecule has 16 heavy (non-hydrogen) atoms. The Morgan fingerprint density at radius 1 is 1.44 bits per heavy atom. The molecule has 2 unspecified atom stereocenters. The number of fused-ring (bicyclic) bond motifs is 3. The molecule has 3 rings (SSSR count). The van der Waals surface area contributed by atoms with E-state index < -0.39 is 0 Å². The molecule has 2 atom stereocenters. The molecule has 0 aromatic heterocycles. The second-order valence-corrected chi connectivity index (χ2v) is 4.59. The number of rotatable bonds is 2. The minimum atomic E-state index is 0.549. The normalized spacial score (nSPS) is 28.0. The molecule has 1 fully saturated rings. The third kappa shape index (κ3) is 1.45. The lowest BCUT2D eigenvalue weighted by atomic mass is 9.89. The van der Waals surface area contributed by atoms with Gasteiger partial charge in [-0.3, -0.25) is 4.90 Å². The minimum absolute atomic E-state index is 0.549. The molecule has 0 radical (unpaired) electrons. The van der Waals surface area contributed by atoms with E-state index in [0.29, 0.717) is 12.0 Å². The van der Waals surface area contributed by atoms with Crippen molar-refractivity contribution in [3.8, 4) is 5.75 Å². The number of nitrogens with zero attached hydrogens (tertiary/aromatic N) is 1. The van der Waals surface area contributed by atoms with Crippen LogP contribution >= 0.6 is 0 Å². The van der Waals surface area contributed by atoms with Crippen molar-refractivity contribution in [2.24, 2.45) is 0 Å². The Balaban J connectivity index is 1.90. The van der Waals surface area contributed by atoms with Crippen molar-refractivity contribution in [2.75, 3.05) is 19.7 Å². The summed E-state index contributed by atoms with van der Waals surface area (Å²) in [6.07, 6.45) is 3.24. The van der Waals surface area contributed by atoms with Crippen molar-refractivity contribution in [1.82, 2.24) is 4.90 Å². The molecule has 0 N–H and O–H groups in total. The molecule has 0 spiro atoms. The molecule has 0 aliphatic carbocycles. The van der Waals surface area contributed by atoms with Gasteiger partial charge in [0.05, 0.1) is 6.04 Å². The topological polar surface area (TPSA) is 12.5 Å². The Kier molecular flexibility index (Phi) is 2.44. The second-order valence-electron chi connectivity index (χ2n) is 4.59. The van der Waals surface area contributed by atoms with Crippen molar-refractivity contribution < 1.29 is 4.74 Å². The number of hydrogen-bond acceptors (Lipinski definition) is 2. The maximum absolute atomic E-state index is 5.84. The maximum Gasteiger partial charge on any atom is 0.122 e. The number of ether oxygens (including phenoxy) is 1. The zero-order chi connectivity index (χ0) is 11.0. The minimum Gasteiger partial charge on any atom is -0.492 e. The van der Waals surface area contributed by atoms with Crippen molar-refractivity contribution >= 4 is 0 Å². The monoisotopic (exact) mass is 215 g/mol. The van der Waals surface area contributed by atoms with Crippen LogP contribution in [0.2, 0.25) is 0 Å². The zero-order valence-corrected chi connectivity index (χ0v) is 9.43. The van der Waals surface area contributed by atoms with Crippen LogP contribution < -0.4 is 4.74 Å². The molecule has 0 amide bonds. The summed E-state index contributed by atoms with van der Waals surface area (Å²) < 4.78 is 5.84. The summed E-state index contributed by atoms with van der Waals surface area (Å²) in [6.45, 7) is 6.80. The molecule has 0 saturated carbocycles. The Hall–Kier alpha value is -1.28. The van der Waals surface area contributed by atoms with E-state index in [4.69, 9.17) is 4.74 Å². The van der Waals surface area contributed by atoms with E-state index in [0.717, 1.165) is 18.9 Å². The van der Waals surface area contributed by atoms with Gasteiger partial charge < -0.3 is 4.74 Å². The van der Waals surface area contributed by atoms with E-state index in [1.165, 1.54) is 18.5 Å². The van der Waals surface area contributed by atoms with Gasteiger partial charge in [-0.2, -0.15) is 0 Å². The first-order valence-corrected chi connectivity index (χ1v) is 5.97. The summed E-state index contributed by atoms with van der Waals surface area (Å²) in [5, 5.41) is 0. The van der Waals surface area contributed by atoms with Crippen LogP contribution in [0.1, 0.15) is 17.9 Å². The summed E-state index contributed by atoms with van der Waals surface area (Å²) in [5.41, 5.74) is 1.39. The standard InChI is InChI=1S/C14H17NO/c1-2-8-15-9-7-11-12-5-3-4-6-14(12)16-10-13(11)15/h2-6,11,13H,1,7-10H2. The third-order valence-corrected chi connectivity index (χ3v) is 3.75. The van der Waals surface area contributed by atoms with Crippen molar-refractivity contribution in [3.63, 3.8) is 0 Å². The largest absolute Gasteiger partial charge is 0.492 e. The third-order valence-electron chi connectivity index (χ3n) is 3.75. The van der Waals surface area contributed by atoms with Crippen LogP contribution in [-0.2, 0) is 0 Å². The van der Waals surface area contributed by atoms with Crippen LogP contribution in [0.5, 0.6) is 5.75 Å². The van der Waals surface area contributed by atoms with Gasteiger partial charge >= 0.3 is 0 Å². The first-order valence-electron chi connectivity index (χ1n) is 5.97. The molecular formula is C14H17NO. The van der Waals surface area contributed by atoms with Gasteiger partial charge in [-0.25, -0.2) is 0 Å². The molecule has 2 heteroatoms. The van der Waals surface area contributed by atoms with Gasteiger partial charge in [-0.05, 0) is 24.6 Å². The average molecular weight is 215 g/mol. The highest BCUT2D eigenvalue weighted by Gasteiger charge is 2.38. The maximum atomic E-state index is 5.84. The predicted octanol–water partition coefficient (Wildman–Crippen LogP) is 2.42. The fraction of sp³-hybridized carbons (Fsp3) is 0.429. The van der Waals surface area contributed by atoms with Crippen LogP contribution in [0, 0.1) is 0 Å². The van der Waals surface area contributed by atoms with Crippen LogP contribution in [0.15, 0.2) is 36.9 Å². The summed E-state index contributed by atoms with van der Waals surface area (Å²) in [6, 6.07) is 9.01. The van der Waals surface area contributed by atoms with E-state index in [-0.39, 0.29) is 0 Å². The highest BCUT2D eigenvalue weighted by molar-refractivity contribution is 5.40. The molecule has 2 aliphatic rings. The van der Waals surface area contributed by atoms with Gasteiger partial charge in [0.2, 0.25) is 0 Å². The van der Waals surface area contributed by atoms with Crippen molar-refractivity contribution in [3.05, 3.63) is 42.5 Å². The Bertz CT molecular complexity index is 401. The highest BCUT2D eigenvalue weighted by Crippen LogP contribution is 2.41. The lowest BCUT2D eigenvalue weighted by molar-refractivity contribution is 0.157. The lowest BCUT2D eigenvalue weighted by Crippen LogP contribution is -2.39. The fourth-order valence-electron chi connectivity index (χ4n) is 2.99. The molecule has 2 aliphatic heterocycles. The molecular weight excluding hydrogens is 198 g/mol. The van der Waals surface area contributed by atoms with Crippen LogP contribution in [0.4, 0.5) is 0 Å². The van der Waals surface area contributed by atoms with Gasteiger partial charge in [0.15, 0.2) is 0 Å². The van der Waals surface area contributed by atoms with Crippen molar-refractivity contribution in [1.29, 1.82) is 0 Å². The Labute approximate surface area is 96.5 Å². The summed E-state index contributed by atoms with van der Waals surface area (Å²) in [4.78, 5) is 2.48. The average Bonchev–Trinajstić information content (AvgIpc) is 2.73. The quantitative estimate of drug-likeness (QED) is 0.702. The second kappa shape index (κ2) is 3.95. The highest BCUT2D eigenvalue weighted by atomic mass is 16.5. The number of hydrogen-bond donors (Lipinski definition) is 0. The molecule has 1 aromatic carbocycles. The van der Waals surface area contributed by atoms with Gasteiger partial charge in [0, 0.05) is 12.5 Å². The summed E-state index contributed by atoms with van der Waals surface area (Å²) in [5.74, 6) is 1.74. The van der Waals surface area contributed by atoms with Gasteiger partial charge in [0.1, 0.15) is 12.4 Å². The fourth-order valence-corrected chi connectivity index (χ4v) is 2.99. The zero-order valence-electron chi connectivity index (χ0n) is 9.43. The molecule has 84 valence electrons. The van der Waals surface area contributed by atoms with E-state index >= 15 is 0 Å². The number of para-hydroxylation sites is 1. The number of likely N-dealkylation sites (tertiary alicyclic amines) is 1. The molecule has 2 nitrogen and oxygen atoms in total. The molecule has 1 aromatic rings. The Morgan fingerprint density at radius 2 is 2.31 bits per heavy atom. The molecule has 0 bridgehead atoms. The summed E-state index contributed by atoms with van der Waals surface area (Å²) in [7, 11) is 0. The van der Waals surface area contributed by atoms with Crippen LogP contribution in [-0.4, -0.2) is 30.6 Å². The molecule has 1 saturated heterocycles. The molecule has 2 heterocycles. The van der Waals surface area contributed by atoms with E-state index in [2.05, 4.69) is 35.7 Å². The Morgan fingerprint density at radius 3 is 3.19 bits per heavy atom. The summed E-state index contributed by atoms with van der Waals surface area (Å²) >= 11 is 0. The van der Waals surface area contributed by atoms with Gasteiger partial charge in [-0.15, -0.1) is 6.58 Å². The SMILES string of the molecule is C=CCN1CCC2c3ccccc3OCC21. The van der Waals surface area contributed by atoms with Crippen LogP contribution in [0.25, 0.3) is 0 Å². The van der Waals surface area contributed by atoms with E-state index in [1.807, 2.05) is 6.08 Å². The smallest absolute Gasteiger partial charge is 0.122 e.